The van der Waals surface area contributed by atoms with Gasteiger partial charge in [-0.2, -0.15) is 11.8 Å². The lowest BCUT2D eigenvalue weighted by Gasteiger charge is -2.22. The number of rotatable bonds is 7. The van der Waals surface area contributed by atoms with E-state index in [-0.39, 0.29) is 4.32 Å². The zero-order valence-electron chi connectivity index (χ0n) is 14.8. The van der Waals surface area contributed by atoms with Gasteiger partial charge in [-0.3, -0.25) is 9.69 Å². The first-order valence-electron chi connectivity index (χ1n) is 8.25. The van der Waals surface area contributed by atoms with Crippen LogP contribution in [-0.4, -0.2) is 44.3 Å². The van der Waals surface area contributed by atoms with E-state index < -0.39 is 17.9 Å². The van der Waals surface area contributed by atoms with Crippen molar-refractivity contribution in [1.29, 1.82) is 0 Å². The van der Waals surface area contributed by atoms with E-state index in [1.165, 1.54) is 16.7 Å². The normalized spacial score (nSPS) is 16.8. The Morgan fingerprint density at radius 1 is 1.43 bits per heavy atom. The molecule has 1 unspecified atom stereocenters. The number of hydrogen-bond acceptors (Lipinski definition) is 6. The third-order valence-electron chi connectivity index (χ3n) is 4.02. The zero-order chi connectivity index (χ0) is 20.3. The molecule has 5 nitrogen and oxygen atoms in total. The quantitative estimate of drug-likeness (QED) is 0.466. The topological polar surface area (TPSA) is 70.8 Å². The van der Waals surface area contributed by atoms with Crippen molar-refractivity contribution in [3.05, 3.63) is 52.1 Å². The minimum Gasteiger partial charge on any atom is -0.480 e. The molecule has 1 aromatic heterocycles. The van der Waals surface area contributed by atoms with E-state index in [0.717, 1.165) is 17.3 Å². The molecular formula is C19H16ClNO4S3. The molecule has 1 amide bonds. The first-order valence-corrected chi connectivity index (χ1v) is 11.2. The average molecular weight is 454 g/mol. The fourth-order valence-electron chi connectivity index (χ4n) is 2.70. The van der Waals surface area contributed by atoms with Crippen LogP contribution in [0.5, 0.6) is 0 Å². The molecule has 1 aromatic carbocycles. The molecule has 1 saturated heterocycles. The van der Waals surface area contributed by atoms with Gasteiger partial charge in [0.25, 0.3) is 5.91 Å². The minimum absolute atomic E-state index is 0.242. The maximum atomic E-state index is 12.8. The van der Waals surface area contributed by atoms with Gasteiger partial charge in [0.2, 0.25) is 0 Å². The Labute approximate surface area is 181 Å². The van der Waals surface area contributed by atoms with Gasteiger partial charge >= 0.3 is 5.97 Å². The van der Waals surface area contributed by atoms with Crippen molar-refractivity contribution < 1.29 is 19.1 Å². The van der Waals surface area contributed by atoms with E-state index in [9.17, 15) is 14.7 Å². The molecule has 0 saturated carbocycles. The Morgan fingerprint density at radius 2 is 2.21 bits per heavy atom. The van der Waals surface area contributed by atoms with Crippen LogP contribution in [0.4, 0.5) is 0 Å². The lowest BCUT2D eigenvalue weighted by molar-refractivity contribution is -0.145. The Balaban J connectivity index is 1.83. The molecule has 0 spiro atoms. The third-order valence-corrected chi connectivity index (χ3v) is 6.23. The van der Waals surface area contributed by atoms with Crippen molar-refractivity contribution in [3.63, 3.8) is 0 Å². The van der Waals surface area contributed by atoms with Crippen LogP contribution < -0.4 is 0 Å². The summed E-state index contributed by atoms with van der Waals surface area (Å²) in [5.74, 6) is 0.241. The van der Waals surface area contributed by atoms with Crippen molar-refractivity contribution in [1.82, 2.24) is 4.90 Å². The fraction of sp³-hybridized carbons (Fsp3) is 0.211. The van der Waals surface area contributed by atoms with Gasteiger partial charge in [-0.15, -0.1) is 0 Å². The first kappa shape index (κ1) is 21.0. The summed E-state index contributed by atoms with van der Waals surface area (Å²) >= 11 is 13.9. The molecule has 0 radical (unpaired) electrons. The number of aliphatic carboxylic acids is 1. The largest absolute Gasteiger partial charge is 0.480 e. The van der Waals surface area contributed by atoms with E-state index in [2.05, 4.69) is 0 Å². The molecule has 1 atom stereocenters. The predicted molar refractivity (Wildman–Crippen MR) is 119 cm³/mol. The van der Waals surface area contributed by atoms with E-state index in [1.807, 2.05) is 18.4 Å². The van der Waals surface area contributed by atoms with Crippen molar-refractivity contribution in [3.8, 4) is 11.3 Å². The van der Waals surface area contributed by atoms with Gasteiger partial charge in [-0.05, 0) is 42.7 Å². The van der Waals surface area contributed by atoms with Gasteiger partial charge in [-0.25, -0.2) is 4.79 Å². The van der Waals surface area contributed by atoms with E-state index in [0.29, 0.717) is 33.6 Å². The molecule has 2 aromatic rings. The second kappa shape index (κ2) is 9.17. The Morgan fingerprint density at radius 3 is 2.89 bits per heavy atom. The average Bonchev–Trinajstić information content (AvgIpc) is 3.22. The number of thioether (sulfide) groups is 2. The van der Waals surface area contributed by atoms with Gasteiger partial charge in [0.15, 0.2) is 0 Å². The second-order valence-electron chi connectivity index (χ2n) is 5.90. The highest BCUT2D eigenvalue weighted by Gasteiger charge is 2.40. The Kier molecular flexibility index (Phi) is 6.87. The molecule has 1 aliphatic rings. The molecule has 1 N–H and O–H groups in total. The van der Waals surface area contributed by atoms with Crippen LogP contribution in [0.25, 0.3) is 17.4 Å². The minimum atomic E-state index is -1.06. The molecule has 1 aliphatic heterocycles. The second-order valence-corrected chi connectivity index (χ2v) is 9.00. The summed E-state index contributed by atoms with van der Waals surface area (Å²) in [5, 5.41) is 10.1. The van der Waals surface area contributed by atoms with Crippen LogP contribution in [0.15, 0.2) is 45.7 Å². The number of halogens is 1. The van der Waals surface area contributed by atoms with Crippen LogP contribution in [0.1, 0.15) is 12.2 Å². The summed E-state index contributed by atoms with van der Waals surface area (Å²) in [5.41, 5.74) is 0.822. The monoisotopic (exact) mass is 453 g/mol. The highest BCUT2D eigenvalue weighted by atomic mass is 35.5. The van der Waals surface area contributed by atoms with Crippen molar-refractivity contribution in [2.75, 3.05) is 12.0 Å². The molecular weight excluding hydrogens is 438 g/mol. The number of carboxylic acids is 1. The fourth-order valence-corrected chi connectivity index (χ4v) is 4.68. The van der Waals surface area contributed by atoms with Gasteiger partial charge in [0.05, 0.1) is 4.91 Å². The van der Waals surface area contributed by atoms with E-state index in [1.54, 1.807) is 30.3 Å². The molecule has 2 heterocycles. The number of amides is 1. The molecule has 28 heavy (non-hydrogen) atoms. The van der Waals surface area contributed by atoms with Gasteiger partial charge < -0.3 is 9.52 Å². The molecule has 3 rings (SSSR count). The molecule has 0 bridgehead atoms. The third kappa shape index (κ3) is 4.63. The molecule has 1 fully saturated rings. The van der Waals surface area contributed by atoms with E-state index >= 15 is 0 Å². The summed E-state index contributed by atoms with van der Waals surface area (Å²) in [6.07, 6.45) is 3.80. The maximum absolute atomic E-state index is 12.8. The van der Waals surface area contributed by atoms with E-state index in [4.69, 9.17) is 28.2 Å². The van der Waals surface area contributed by atoms with Gasteiger partial charge in [-0.1, -0.05) is 47.7 Å². The van der Waals surface area contributed by atoms with Crippen molar-refractivity contribution in [2.45, 2.75) is 12.5 Å². The Bertz CT molecular complexity index is 956. The van der Waals surface area contributed by atoms with Gasteiger partial charge in [0.1, 0.15) is 21.9 Å². The highest BCUT2D eigenvalue weighted by molar-refractivity contribution is 8.26. The van der Waals surface area contributed by atoms with Crippen LogP contribution in [0.2, 0.25) is 5.02 Å². The maximum Gasteiger partial charge on any atom is 0.326 e. The predicted octanol–water partition coefficient (Wildman–Crippen LogP) is 5.01. The van der Waals surface area contributed by atoms with Crippen LogP contribution in [0, 0.1) is 0 Å². The standard InChI is InChI=1S/C19H16ClNO4S3/c1-27-8-7-14(18(23)24)21-17(22)16(28-19(21)26)10-13-5-6-15(25-13)11-3-2-4-12(20)9-11/h2-6,9-10,14H,7-8H2,1H3,(H,23,24)/b16-10-. The van der Waals surface area contributed by atoms with Crippen LogP contribution in [0.3, 0.4) is 0 Å². The number of hydrogen-bond donors (Lipinski definition) is 1. The summed E-state index contributed by atoms with van der Waals surface area (Å²) in [6, 6.07) is 9.82. The summed E-state index contributed by atoms with van der Waals surface area (Å²) in [7, 11) is 0. The first-order chi connectivity index (χ1) is 13.4. The van der Waals surface area contributed by atoms with Crippen molar-refractivity contribution >= 4 is 69.6 Å². The highest BCUT2D eigenvalue weighted by Crippen LogP contribution is 2.35. The SMILES string of the molecule is CSCCC(C(=O)O)N1C(=O)/C(=C/c2ccc(-c3cccc(Cl)c3)o2)SC1=S. The Hall–Kier alpha value is -1.74. The lowest BCUT2D eigenvalue weighted by Crippen LogP contribution is -2.44. The van der Waals surface area contributed by atoms with Crippen molar-refractivity contribution in [2.24, 2.45) is 0 Å². The molecule has 9 heteroatoms. The zero-order valence-corrected chi connectivity index (χ0v) is 18.0. The summed E-state index contributed by atoms with van der Waals surface area (Å²) in [4.78, 5) is 25.9. The molecule has 146 valence electrons. The number of thiocarbonyl (C=S) groups is 1. The summed E-state index contributed by atoms with van der Waals surface area (Å²) in [6.45, 7) is 0. The summed E-state index contributed by atoms with van der Waals surface area (Å²) < 4.78 is 6.04. The molecule has 0 aliphatic carbocycles. The smallest absolute Gasteiger partial charge is 0.326 e. The number of benzene rings is 1. The number of nitrogens with zero attached hydrogens (tertiary/aromatic N) is 1. The number of carbonyl (C=O) groups excluding carboxylic acids is 1. The number of furan rings is 1. The number of carbonyl (C=O) groups is 2. The van der Waals surface area contributed by atoms with Gasteiger partial charge in [0, 0.05) is 16.7 Å². The van der Waals surface area contributed by atoms with Crippen LogP contribution in [-0.2, 0) is 9.59 Å². The number of carboxylic acid groups (broad SMARTS) is 1. The lowest BCUT2D eigenvalue weighted by atomic mass is 10.2. The van der Waals surface area contributed by atoms with Crippen LogP contribution >= 0.6 is 47.3 Å².